The quantitative estimate of drug-likeness (QED) is 0.259. The predicted molar refractivity (Wildman–Crippen MR) is 204 cm³/mol. The topological polar surface area (TPSA) is 93.1 Å². The zero-order valence-electron chi connectivity index (χ0n) is 32.4. The fraction of sp³-hybridized carbons (Fsp3) is 0.727. The molecule has 0 bridgehead atoms. The normalized spacial score (nSPS) is 40.5. The third kappa shape index (κ3) is 5.65. The summed E-state index contributed by atoms with van der Waals surface area (Å²) < 4.78 is 0. The van der Waals surface area contributed by atoms with E-state index >= 15 is 0 Å². The minimum Gasteiger partial charge on any atom is -0.478 e. The minimum absolute atomic E-state index is 0.0121. The van der Waals surface area contributed by atoms with Crippen LogP contribution < -0.4 is 5.32 Å². The lowest BCUT2D eigenvalue weighted by Gasteiger charge is -2.72. The van der Waals surface area contributed by atoms with E-state index in [0.717, 1.165) is 70.3 Å². The molecule has 1 aliphatic heterocycles. The number of hydrogen-bond donors (Lipinski definition) is 3. The predicted octanol–water partition coefficient (Wildman–Crippen LogP) is 8.50. The highest BCUT2D eigenvalue weighted by molar-refractivity contribution is 5.88. The summed E-state index contributed by atoms with van der Waals surface area (Å²) in [6.45, 7) is 23.8. The van der Waals surface area contributed by atoms with Gasteiger partial charge in [0.15, 0.2) is 0 Å². The summed E-state index contributed by atoms with van der Waals surface area (Å²) in [6, 6.07) is 7.68. The molecule has 7 rings (SSSR count). The van der Waals surface area contributed by atoms with E-state index < -0.39 is 5.97 Å². The molecule has 5 aliphatic carbocycles. The highest BCUT2D eigenvalue weighted by Crippen LogP contribution is 2.76. The molecule has 6 aliphatic rings. The van der Waals surface area contributed by atoms with Gasteiger partial charge in [0.1, 0.15) is 0 Å². The molecule has 9 unspecified atom stereocenters. The Labute approximate surface area is 307 Å². The molecular weight excluding hydrogens is 635 g/mol. The van der Waals surface area contributed by atoms with E-state index in [1.165, 1.54) is 36.8 Å². The summed E-state index contributed by atoms with van der Waals surface area (Å²) in [7, 11) is 0. The van der Waals surface area contributed by atoms with Crippen molar-refractivity contribution in [2.45, 2.75) is 111 Å². The number of carbonyl (C=O) groups is 2. The van der Waals surface area contributed by atoms with Crippen molar-refractivity contribution < 1.29 is 19.8 Å². The van der Waals surface area contributed by atoms with Gasteiger partial charge in [-0.1, -0.05) is 65.0 Å². The van der Waals surface area contributed by atoms with Gasteiger partial charge in [-0.3, -0.25) is 4.90 Å². The average molecular weight is 700 g/mol. The van der Waals surface area contributed by atoms with Crippen LogP contribution in [0.15, 0.2) is 42.5 Å². The lowest BCUT2D eigenvalue weighted by molar-refractivity contribution is -0.218. The molecule has 7 heteroatoms. The molecule has 2 amide bonds. The summed E-state index contributed by atoms with van der Waals surface area (Å²) in [6.07, 6.45) is 13.8. The largest absolute Gasteiger partial charge is 0.478 e. The summed E-state index contributed by atoms with van der Waals surface area (Å²) in [4.78, 5) is 30.1. The minimum atomic E-state index is -0.875. The highest BCUT2D eigenvalue weighted by atomic mass is 16.4. The molecule has 1 aromatic rings. The van der Waals surface area contributed by atoms with Gasteiger partial charge in [-0.05, 0) is 152 Å². The first-order valence-corrected chi connectivity index (χ1v) is 20.2. The highest BCUT2D eigenvalue weighted by Gasteiger charge is 2.70. The van der Waals surface area contributed by atoms with Crippen LogP contribution in [0.4, 0.5) is 4.79 Å². The second-order valence-corrected chi connectivity index (χ2v) is 19.1. The Morgan fingerprint density at radius 3 is 2.31 bits per heavy atom. The first-order chi connectivity index (χ1) is 24.1. The summed E-state index contributed by atoms with van der Waals surface area (Å²) >= 11 is 0. The van der Waals surface area contributed by atoms with Crippen molar-refractivity contribution >= 4 is 17.6 Å². The van der Waals surface area contributed by atoms with Crippen LogP contribution in [0.5, 0.6) is 0 Å². The first-order valence-electron chi connectivity index (χ1n) is 20.2. The van der Waals surface area contributed by atoms with Gasteiger partial charge in [-0.2, -0.15) is 0 Å². The van der Waals surface area contributed by atoms with Gasteiger partial charge in [0, 0.05) is 31.7 Å². The second-order valence-electron chi connectivity index (χ2n) is 19.1. The zero-order valence-corrected chi connectivity index (χ0v) is 32.4. The number of urea groups is 1. The number of β-amino-alcohol motifs (C(OH)–C–C–N with tert-alkyl or cyclic N) is 1. The van der Waals surface area contributed by atoms with Crippen LogP contribution in [0.25, 0.3) is 5.57 Å². The molecule has 1 saturated heterocycles. The number of rotatable bonds is 6. The Bertz CT molecular complexity index is 1570. The SMILES string of the molecule is C=C(C)C1CCC2(NC(=O)N3CCCN(CCO)CC3)CCC3(C)C(CCC4C5(C)CC=C(c6ccc(C(=O)O)cc6)C(C)(C)C5CCC43C)C12. The monoisotopic (exact) mass is 699 g/mol. The number of carboxylic acids is 1. The van der Waals surface area contributed by atoms with E-state index in [1.54, 1.807) is 12.1 Å². The Balaban J connectivity index is 1.16. The van der Waals surface area contributed by atoms with Gasteiger partial charge < -0.3 is 20.4 Å². The molecular formula is C44H65N3O4. The summed E-state index contributed by atoms with van der Waals surface area (Å²) in [5.74, 6) is 1.72. The van der Waals surface area contributed by atoms with Crippen molar-refractivity contribution in [1.29, 1.82) is 0 Å². The van der Waals surface area contributed by atoms with Gasteiger partial charge in [0.2, 0.25) is 0 Å². The van der Waals surface area contributed by atoms with E-state index in [9.17, 15) is 19.8 Å². The molecule has 1 aromatic carbocycles. The zero-order chi connectivity index (χ0) is 36.6. The number of carboxylic acid groups (broad SMARTS) is 1. The number of nitrogens with zero attached hydrogens (tertiary/aromatic N) is 2. The van der Waals surface area contributed by atoms with E-state index in [-0.39, 0.29) is 39.8 Å². The maximum Gasteiger partial charge on any atom is 0.335 e. The van der Waals surface area contributed by atoms with Gasteiger partial charge >= 0.3 is 12.0 Å². The van der Waals surface area contributed by atoms with Crippen molar-refractivity contribution in [3.05, 3.63) is 53.6 Å². The summed E-state index contributed by atoms with van der Waals surface area (Å²) in [5, 5.41) is 22.8. The first kappa shape index (κ1) is 36.7. The number of nitrogens with one attached hydrogen (secondary N) is 1. The number of fused-ring (bicyclic) bond motifs is 7. The molecule has 9 atom stereocenters. The van der Waals surface area contributed by atoms with Crippen molar-refractivity contribution in [1.82, 2.24) is 15.1 Å². The van der Waals surface area contributed by atoms with E-state index in [1.807, 2.05) is 12.1 Å². The smallest absolute Gasteiger partial charge is 0.335 e. The Kier molecular flexibility index (Phi) is 9.38. The van der Waals surface area contributed by atoms with Gasteiger partial charge in [-0.15, -0.1) is 0 Å². The van der Waals surface area contributed by atoms with Crippen molar-refractivity contribution in [2.24, 2.45) is 51.2 Å². The fourth-order valence-corrected chi connectivity index (χ4v) is 14.1. The van der Waals surface area contributed by atoms with Crippen LogP contribution in [0.1, 0.15) is 122 Å². The Morgan fingerprint density at radius 1 is 0.882 bits per heavy atom. The standard InChI is InChI=1S/C44H65N3O4/c1-29(2)32-15-20-44(45-39(51)47-24-8-23-46(25-26-47)27-28-48)22-21-42(6)34(37(32)44)13-14-36-41(5)18-16-33(30-9-11-31(12-10-30)38(49)50)40(3,4)35(41)17-19-43(36,42)7/h9-12,16,32,34-37,48H,1,8,13-15,17-28H2,2-7H3,(H,45,51)(H,49,50). The maximum atomic E-state index is 14.2. The van der Waals surface area contributed by atoms with Crippen LogP contribution in [-0.2, 0) is 0 Å². The number of benzene rings is 1. The molecule has 0 spiro atoms. The van der Waals surface area contributed by atoms with Crippen LogP contribution in [-0.4, -0.2) is 76.9 Å². The van der Waals surface area contributed by atoms with Crippen LogP contribution in [0.2, 0.25) is 0 Å². The van der Waals surface area contributed by atoms with Crippen molar-refractivity contribution in [3.8, 4) is 0 Å². The van der Waals surface area contributed by atoms with E-state index in [4.69, 9.17) is 0 Å². The average Bonchev–Trinajstić information content (AvgIpc) is 3.29. The van der Waals surface area contributed by atoms with Crippen molar-refractivity contribution in [2.75, 3.05) is 39.3 Å². The van der Waals surface area contributed by atoms with E-state index in [0.29, 0.717) is 41.7 Å². The lowest BCUT2D eigenvalue weighted by Crippen LogP contribution is -2.68. The number of allylic oxidation sites excluding steroid dienone is 3. The molecule has 51 heavy (non-hydrogen) atoms. The third-order valence-corrected chi connectivity index (χ3v) is 16.7. The summed E-state index contributed by atoms with van der Waals surface area (Å²) in [5.41, 5.74) is 4.59. The molecule has 5 fully saturated rings. The maximum absolute atomic E-state index is 14.2. The number of aliphatic hydroxyl groups excluding tert-OH is 1. The lowest BCUT2D eigenvalue weighted by atomic mass is 9.33. The number of aromatic carboxylic acids is 1. The molecule has 1 heterocycles. The van der Waals surface area contributed by atoms with Gasteiger partial charge in [0.05, 0.1) is 12.2 Å². The molecule has 4 saturated carbocycles. The number of amides is 2. The fourth-order valence-electron chi connectivity index (χ4n) is 14.1. The van der Waals surface area contributed by atoms with Crippen molar-refractivity contribution in [3.63, 3.8) is 0 Å². The van der Waals surface area contributed by atoms with Gasteiger partial charge in [0.25, 0.3) is 0 Å². The molecule has 280 valence electrons. The van der Waals surface area contributed by atoms with Crippen LogP contribution >= 0.6 is 0 Å². The molecule has 0 radical (unpaired) electrons. The van der Waals surface area contributed by atoms with E-state index in [2.05, 4.69) is 69.3 Å². The number of aliphatic hydroxyl groups is 1. The molecule has 0 aromatic heterocycles. The van der Waals surface area contributed by atoms with Gasteiger partial charge in [-0.25, -0.2) is 9.59 Å². The van der Waals surface area contributed by atoms with Crippen LogP contribution in [0, 0.1) is 51.2 Å². The van der Waals surface area contributed by atoms with Crippen LogP contribution in [0.3, 0.4) is 0 Å². The molecule has 7 nitrogen and oxygen atoms in total. The number of carbonyl (C=O) groups excluding carboxylic acids is 1. The third-order valence-electron chi connectivity index (χ3n) is 16.7. The second kappa shape index (κ2) is 13.0. The molecule has 3 N–H and O–H groups in total. The number of hydrogen-bond acceptors (Lipinski definition) is 4. The Morgan fingerprint density at radius 2 is 1.63 bits per heavy atom. The Hall–Kier alpha value is -2.64.